The van der Waals surface area contributed by atoms with Crippen LogP contribution in [0.3, 0.4) is 0 Å². The van der Waals surface area contributed by atoms with Gasteiger partial charge in [-0.3, -0.25) is 0 Å². The van der Waals surface area contributed by atoms with Crippen LogP contribution in [0, 0.1) is 0 Å². The third-order valence-electron chi connectivity index (χ3n) is 1.05. The Morgan fingerprint density at radius 1 is 1.20 bits per heavy atom. The predicted molar refractivity (Wildman–Crippen MR) is 37.6 cm³/mol. The van der Waals surface area contributed by atoms with Gasteiger partial charge in [-0.05, 0) is 19.1 Å². The van der Waals surface area contributed by atoms with E-state index in [1.54, 1.807) is 0 Å². The van der Waals surface area contributed by atoms with Gasteiger partial charge in [-0.2, -0.15) is 0 Å². The molecule has 0 amide bonds. The summed E-state index contributed by atoms with van der Waals surface area (Å²) in [4.78, 5) is 0. The van der Waals surface area contributed by atoms with Crippen molar-refractivity contribution in [1.82, 2.24) is 0 Å². The van der Waals surface area contributed by atoms with Gasteiger partial charge < -0.3 is 4.74 Å². The molecular formula is C8H10OOs. The number of benzene rings is 1. The molecular weight excluding hydrogens is 302 g/mol. The first-order chi connectivity index (χ1) is 4.43. The van der Waals surface area contributed by atoms with Gasteiger partial charge in [0.15, 0.2) is 0 Å². The molecule has 0 atom stereocenters. The molecule has 56 valence electrons. The third kappa shape index (κ3) is 2.99. The third-order valence-corrected chi connectivity index (χ3v) is 1.05. The molecule has 0 saturated heterocycles. The van der Waals surface area contributed by atoms with Crippen molar-refractivity contribution in [2.75, 3.05) is 6.61 Å². The van der Waals surface area contributed by atoms with Crippen LogP contribution in [0.2, 0.25) is 0 Å². The quantitative estimate of drug-likeness (QED) is 0.812. The first kappa shape index (κ1) is 9.66. The summed E-state index contributed by atoms with van der Waals surface area (Å²) in [7, 11) is 0. The van der Waals surface area contributed by atoms with Crippen LogP contribution in [-0.4, -0.2) is 6.61 Å². The molecule has 1 nitrogen and oxygen atoms in total. The van der Waals surface area contributed by atoms with Gasteiger partial charge in [0.2, 0.25) is 0 Å². The normalized spacial score (nSPS) is 8.10. The van der Waals surface area contributed by atoms with E-state index < -0.39 is 0 Å². The number of hydrogen-bond donors (Lipinski definition) is 0. The number of para-hydroxylation sites is 1. The Kier molecular flexibility index (Phi) is 5.25. The van der Waals surface area contributed by atoms with Gasteiger partial charge in [0, 0.05) is 19.8 Å². The number of rotatable bonds is 2. The molecule has 0 spiro atoms. The molecule has 0 aliphatic rings. The zero-order valence-electron chi connectivity index (χ0n) is 5.86. The Labute approximate surface area is 74.5 Å². The van der Waals surface area contributed by atoms with Gasteiger partial charge >= 0.3 is 0 Å². The van der Waals surface area contributed by atoms with Gasteiger partial charge in [-0.25, -0.2) is 0 Å². The molecule has 0 aliphatic carbocycles. The van der Waals surface area contributed by atoms with Crippen LogP contribution in [0.25, 0.3) is 0 Å². The molecule has 2 heteroatoms. The Morgan fingerprint density at radius 2 is 1.80 bits per heavy atom. The van der Waals surface area contributed by atoms with Crippen molar-refractivity contribution < 1.29 is 24.5 Å². The average Bonchev–Trinajstić information content (AvgIpc) is 1.91. The van der Waals surface area contributed by atoms with Crippen LogP contribution in [0.5, 0.6) is 5.75 Å². The number of hydrogen-bond acceptors (Lipinski definition) is 1. The molecule has 0 heterocycles. The van der Waals surface area contributed by atoms with Crippen molar-refractivity contribution in [3.05, 3.63) is 30.3 Å². The minimum absolute atomic E-state index is 0. The van der Waals surface area contributed by atoms with E-state index in [2.05, 4.69) is 0 Å². The van der Waals surface area contributed by atoms with Crippen molar-refractivity contribution in [2.45, 2.75) is 6.92 Å². The molecule has 0 aliphatic heterocycles. The van der Waals surface area contributed by atoms with Gasteiger partial charge in [0.25, 0.3) is 0 Å². The molecule has 0 bridgehead atoms. The van der Waals surface area contributed by atoms with Crippen LogP contribution in [0.15, 0.2) is 30.3 Å². The maximum Gasteiger partial charge on any atom is 0.119 e. The largest absolute Gasteiger partial charge is 0.494 e. The summed E-state index contributed by atoms with van der Waals surface area (Å²) in [5.41, 5.74) is 0. The van der Waals surface area contributed by atoms with Crippen molar-refractivity contribution in [2.24, 2.45) is 0 Å². The minimum atomic E-state index is 0. The molecule has 0 aromatic heterocycles. The second-order valence-corrected chi connectivity index (χ2v) is 1.75. The van der Waals surface area contributed by atoms with Crippen molar-refractivity contribution in [3.8, 4) is 5.75 Å². The fourth-order valence-electron chi connectivity index (χ4n) is 0.683. The fourth-order valence-corrected chi connectivity index (χ4v) is 0.683. The molecule has 0 unspecified atom stereocenters. The van der Waals surface area contributed by atoms with E-state index in [4.69, 9.17) is 4.74 Å². The van der Waals surface area contributed by atoms with Gasteiger partial charge in [-0.1, -0.05) is 18.2 Å². The van der Waals surface area contributed by atoms with E-state index in [1.807, 2.05) is 37.3 Å². The van der Waals surface area contributed by atoms with Crippen LogP contribution < -0.4 is 4.74 Å². The summed E-state index contributed by atoms with van der Waals surface area (Å²) in [5.74, 6) is 0.944. The SMILES string of the molecule is CCOc1ccccc1.[Os]. The zero-order valence-corrected chi connectivity index (χ0v) is 8.40. The van der Waals surface area contributed by atoms with E-state index in [1.165, 1.54) is 0 Å². The average molecular weight is 312 g/mol. The van der Waals surface area contributed by atoms with Gasteiger partial charge in [0.05, 0.1) is 6.61 Å². The zero-order chi connectivity index (χ0) is 6.53. The predicted octanol–water partition coefficient (Wildman–Crippen LogP) is 2.08. The summed E-state index contributed by atoms with van der Waals surface area (Å²) in [6.45, 7) is 2.72. The fraction of sp³-hybridized carbons (Fsp3) is 0.250. The van der Waals surface area contributed by atoms with E-state index in [0.717, 1.165) is 12.4 Å². The minimum Gasteiger partial charge on any atom is -0.494 e. The Balaban J connectivity index is 0.000000810. The van der Waals surface area contributed by atoms with Crippen molar-refractivity contribution in [1.29, 1.82) is 0 Å². The molecule has 1 aromatic carbocycles. The maximum absolute atomic E-state index is 5.21. The van der Waals surface area contributed by atoms with Crippen molar-refractivity contribution >= 4 is 0 Å². The topological polar surface area (TPSA) is 9.23 Å². The van der Waals surface area contributed by atoms with Crippen LogP contribution in [-0.2, 0) is 19.8 Å². The first-order valence-electron chi connectivity index (χ1n) is 3.11. The second-order valence-electron chi connectivity index (χ2n) is 1.75. The summed E-state index contributed by atoms with van der Waals surface area (Å²) in [6, 6.07) is 9.80. The van der Waals surface area contributed by atoms with E-state index in [-0.39, 0.29) is 19.8 Å². The molecule has 0 radical (unpaired) electrons. The standard InChI is InChI=1S/C8H10O.Os/c1-2-9-8-6-4-3-5-7-8;/h3-7H,2H2,1H3;. The number of ether oxygens (including phenoxy) is 1. The molecule has 0 N–H and O–H groups in total. The van der Waals surface area contributed by atoms with E-state index in [0.29, 0.717) is 0 Å². The van der Waals surface area contributed by atoms with Crippen LogP contribution >= 0.6 is 0 Å². The summed E-state index contributed by atoms with van der Waals surface area (Å²) < 4.78 is 5.21. The van der Waals surface area contributed by atoms with E-state index in [9.17, 15) is 0 Å². The van der Waals surface area contributed by atoms with Crippen molar-refractivity contribution in [3.63, 3.8) is 0 Å². The summed E-state index contributed by atoms with van der Waals surface area (Å²) in [5, 5.41) is 0. The molecule has 0 fully saturated rings. The Bertz CT molecular complexity index is 162. The molecule has 1 aromatic rings. The van der Waals surface area contributed by atoms with Gasteiger partial charge in [0.1, 0.15) is 5.75 Å². The first-order valence-corrected chi connectivity index (χ1v) is 3.11. The molecule has 0 saturated carbocycles. The van der Waals surface area contributed by atoms with Gasteiger partial charge in [-0.15, -0.1) is 0 Å². The van der Waals surface area contributed by atoms with Crippen LogP contribution in [0.4, 0.5) is 0 Å². The van der Waals surface area contributed by atoms with Crippen LogP contribution in [0.1, 0.15) is 6.92 Å². The van der Waals surface area contributed by atoms with E-state index >= 15 is 0 Å². The maximum atomic E-state index is 5.21. The molecule has 1 rings (SSSR count). The summed E-state index contributed by atoms with van der Waals surface area (Å²) in [6.07, 6.45) is 0. The Morgan fingerprint density at radius 3 is 2.30 bits per heavy atom. The Hall–Kier alpha value is -0.344. The smallest absolute Gasteiger partial charge is 0.119 e. The summed E-state index contributed by atoms with van der Waals surface area (Å²) >= 11 is 0. The monoisotopic (exact) mass is 314 g/mol. The molecule has 10 heavy (non-hydrogen) atoms. The second kappa shape index (κ2) is 5.44.